The molecule has 0 aromatic rings. The first kappa shape index (κ1) is 59.1. The van der Waals surface area contributed by atoms with Gasteiger partial charge >= 0.3 is 5.97 Å². The van der Waals surface area contributed by atoms with E-state index in [-0.39, 0.29) is 24.9 Å². The lowest BCUT2D eigenvalue weighted by atomic mass is 10.0. The third-order valence-corrected chi connectivity index (χ3v) is 12.3. The van der Waals surface area contributed by atoms with E-state index in [1.807, 2.05) is 0 Å². The van der Waals surface area contributed by atoms with Crippen molar-refractivity contribution in [3.05, 3.63) is 36.5 Å². The van der Waals surface area contributed by atoms with E-state index >= 15 is 0 Å². The summed E-state index contributed by atoms with van der Waals surface area (Å²) in [5, 5.41) is 23.7. The number of allylic oxidation sites excluding steroid dienone is 6. The normalized spacial score (nSPS) is 13.5. The van der Waals surface area contributed by atoms with Crippen molar-refractivity contribution in [2.75, 3.05) is 6.61 Å². The van der Waals surface area contributed by atoms with Gasteiger partial charge in [-0.05, 0) is 51.4 Å². The molecule has 0 fully saturated rings. The first-order valence-corrected chi connectivity index (χ1v) is 26.7. The minimum atomic E-state index is -0.793. The molecule has 0 saturated carbocycles. The molecule has 61 heavy (non-hydrogen) atoms. The van der Waals surface area contributed by atoms with E-state index in [0.29, 0.717) is 19.3 Å². The highest BCUT2D eigenvalue weighted by atomic mass is 16.5. The Labute approximate surface area is 379 Å². The zero-order valence-corrected chi connectivity index (χ0v) is 40.8. The molecule has 0 aromatic carbocycles. The zero-order valence-electron chi connectivity index (χ0n) is 40.8. The van der Waals surface area contributed by atoms with E-state index in [4.69, 9.17) is 4.74 Å². The van der Waals surface area contributed by atoms with Gasteiger partial charge in [-0.15, -0.1) is 0 Å². The highest BCUT2D eigenvalue weighted by molar-refractivity contribution is 5.77. The third kappa shape index (κ3) is 44.5. The molecule has 0 aromatic heterocycles. The molecule has 3 unspecified atom stereocenters. The summed E-state index contributed by atoms with van der Waals surface area (Å²) in [5.74, 6) is -0.496. The van der Waals surface area contributed by atoms with Crippen LogP contribution in [0.25, 0.3) is 0 Å². The van der Waals surface area contributed by atoms with E-state index in [0.717, 1.165) is 70.6 Å². The Hall–Kier alpha value is -1.92. The Balaban J connectivity index is 4.59. The lowest BCUT2D eigenvalue weighted by Gasteiger charge is -2.24. The quantitative estimate of drug-likeness (QED) is 0.0322. The number of rotatable bonds is 48. The SMILES string of the molecule is CCCCCCC/C=C/C=C/C=C/CCCCCC(CC(=O)NC(CO)C(O)CCCCCCCCCCC)OC(=O)CCCCCCCCCCCCCCCCCCC. The third-order valence-electron chi connectivity index (χ3n) is 12.3. The number of esters is 1. The van der Waals surface area contributed by atoms with Crippen LogP contribution < -0.4 is 5.32 Å². The summed E-state index contributed by atoms with van der Waals surface area (Å²) < 4.78 is 5.93. The number of carbonyl (C=O) groups is 2. The van der Waals surface area contributed by atoms with Crippen LogP contribution >= 0.6 is 0 Å². The molecule has 3 N–H and O–H groups in total. The van der Waals surface area contributed by atoms with E-state index in [1.54, 1.807) is 0 Å². The van der Waals surface area contributed by atoms with Crippen molar-refractivity contribution in [2.24, 2.45) is 0 Å². The summed E-state index contributed by atoms with van der Waals surface area (Å²) in [5.41, 5.74) is 0. The molecule has 0 aliphatic carbocycles. The summed E-state index contributed by atoms with van der Waals surface area (Å²) in [6.07, 6.45) is 57.8. The summed E-state index contributed by atoms with van der Waals surface area (Å²) in [6, 6.07) is -0.709. The molecule has 3 atom stereocenters. The Morgan fingerprint density at radius 2 is 0.836 bits per heavy atom. The predicted molar refractivity (Wildman–Crippen MR) is 264 cm³/mol. The van der Waals surface area contributed by atoms with Crippen LogP contribution in [0.5, 0.6) is 0 Å². The number of ether oxygens (including phenoxy) is 1. The topological polar surface area (TPSA) is 95.9 Å². The van der Waals surface area contributed by atoms with Gasteiger partial charge in [0.1, 0.15) is 6.10 Å². The summed E-state index contributed by atoms with van der Waals surface area (Å²) in [6.45, 7) is 6.46. The van der Waals surface area contributed by atoms with Crippen molar-refractivity contribution in [3.8, 4) is 0 Å². The molecule has 0 heterocycles. The molecule has 6 nitrogen and oxygen atoms in total. The van der Waals surface area contributed by atoms with Gasteiger partial charge in [-0.3, -0.25) is 9.59 Å². The fourth-order valence-corrected chi connectivity index (χ4v) is 8.20. The molecule has 6 heteroatoms. The smallest absolute Gasteiger partial charge is 0.306 e. The van der Waals surface area contributed by atoms with Crippen molar-refractivity contribution >= 4 is 11.9 Å². The second kappa shape index (κ2) is 49.1. The van der Waals surface area contributed by atoms with E-state index < -0.39 is 18.2 Å². The van der Waals surface area contributed by atoms with E-state index in [2.05, 4.69) is 62.5 Å². The first-order valence-electron chi connectivity index (χ1n) is 26.7. The van der Waals surface area contributed by atoms with Gasteiger partial charge in [0.25, 0.3) is 0 Å². The van der Waals surface area contributed by atoms with Crippen LogP contribution in [0.2, 0.25) is 0 Å². The molecule has 0 spiro atoms. The minimum absolute atomic E-state index is 0.0585. The zero-order chi connectivity index (χ0) is 44.5. The molecule has 0 saturated heterocycles. The molecule has 0 radical (unpaired) electrons. The maximum atomic E-state index is 13.2. The number of hydrogen-bond donors (Lipinski definition) is 3. The molecule has 358 valence electrons. The van der Waals surface area contributed by atoms with Gasteiger partial charge in [0.15, 0.2) is 0 Å². The first-order chi connectivity index (χ1) is 30.0. The van der Waals surface area contributed by atoms with Gasteiger partial charge in [-0.1, -0.05) is 250 Å². The Morgan fingerprint density at radius 3 is 1.26 bits per heavy atom. The predicted octanol–water partition coefficient (Wildman–Crippen LogP) is 16.1. The fourth-order valence-electron chi connectivity index (χ4n) is 8.20. The molecular weight excluding hydrogens is 755 g/mol. The number of aliphatic hydroxyl groups excluding tert-OH is 2. The Bertz CT molecular complexity index is 1010. The second-order valence-electron chi connectivity index (χ2n) is 18.3. The lowest BCUT2D eigenvalue weighted by Crippen LogP contribution is -2.46. The maximum Gasteiger partial charge on any atom is 0.306 e. The minimum Gasteiger partial charge on any atom is -0.462 e. The lowest BCUT2D eigenvalue weighted by molar-refractivity contribution is -0.151. The van der Waals surface area contributed by atoms with Crippen LogP contribution in [0, 0.1) is 0 Å². The average Bonchev–Trinajstić information content (AvgIpc) is 3.25. The van der Waals surface area contributed by atoms with Gasteiger partial charge in [0.05, 0.1) is 25.2 Å². The van der Waals surface area contributed by atoms with Crippen LogP contribution in [-0.2, 0) is 14.3 Å². The largest absolute Gasteiger partial charge is 0.462 e. The van der Waals surface area contributed by atoms with Crippen molar-refractivity contribution in [2.45, 2.75) is 296 Å². The van der Waals surface area contributed by atoms with Crippen molar-refractivity contribution in [1.82, 2.24) is 5.32 Å². The second-order valence-corrected chi connectivity index (χ2v) is 18.3. The number of aliphatic hydroxyl groups is 2. The highest BCUT2D eigenvalue weighted by Gasteiger charge is 2.24. The van der Waals surface area contributed by atoms with Crippen LogP contribution in [0.4, 0.5) is 0 Å². The van der Waals surface area contributed by atoms with Crippen LogP contribution in [0.15, 0.2) is 36.5 Å². The van der Waals surface area contributed by atoms with Crippen molar-refractivity contribution < 1.29 is 24.5 Å². The number of nitrogens with one attached hydrogen (secondary N) is 1. The van der Waals surface area contributed by atoms with Gasteiger partial charge in [0, 0.05) is 6.42 Å². The molecular formula is C55H103NO5. The summed E-state index contributed by atoms with van der Waals surface area (Å²) >= 11 is 0. The van der Waals surface area contributed by atoms with Crippen molar-refractivity contribution in [3.63, 3.8) is 0 Å². The van der Waals surface area contributed by atoms with Gasteiger partial charge in [-0.25, -0.2) is 0 Å². The molecule has 1 amide bonds. The molecule has 0 bridgehead atoms. The monoisotopic (exact) mass is 858 g/mol. The van der Waals surface area contributed by atoms with E-state index in [9.17, 15) is 19.8 Å². The van der Waals surface area contributed by atoms with Gasteiger partial charge in [0.2, 0.25) is 5.91 Å². The molecule has 0 rings (SSSR count). The highest BCUT2D eigenvalue weighted by Crippen LogP contribution is 2.18. The molecule has 0 aliphatic rings. The summed E-state index contributed by atoms with van der Waals surface area (Å²) in [4.78, 5) is 26.1. The Morgan fingerprint density at radius 1 is 0.475 bits per heavy atom. The van der Waals surface area contributed by atoms with Gasteiger partial charge < -0.3 is 20.3 Å². The van der Waals surface area contributed by atoms with Gasteiger partial charge in [-0.2, -0.15) is 0 Å². The maximum absolute atomic E-state index is 13.2. The average molecular weight is 858 g/mol. The summed E-state index contributed by atoms with van der Waals surface area (Å²) in [7, 11) is 0. The van der Waals surface area contributed by atoms with Crippen LogP contribution in [0.3, 0.4) is 0 Å². The fraction of sp³-hybridized carbons (Fsp3) is 0.855. The number of hydrogen-bond acceptors (Lipinski definition) is 5. The number of carbonyl (C=O) groups excluding carboxylic acids is 2. The standard InChI is InChI=1S/C55H103NO5/c1-4-7-10-13-16-19-21-23-25-27-29-31-33-36-39-42-45-48-55(60)61-51(46-43-40-37-35-32-30-28-26-24-22-20-17-14-11-8-5-2)49-54(59)56-52(50-57)53(58)47-44-41-38-34-18-15-12-9-6-3/h22,24,26,28,30,32,51-53,57-58H,4-21,23,25,27,29,31,33-50H2,1-3H3,(H,56,59)/b24-22+,28-26+,32-30+. The Kier molecular flexibility index (Phi) is 47.6. The van der Waals surface area contributed by atoms with E-state index in [1.165, 1.54) is 161 Å². The van der Waals surface area contributed by atoms with Crippen LogP contribution in [0.1, 0.15) is 278 Å². The number of unbranched alkanes of at least 4 members (excludes halogenated alkanes) is 32. The number of amides is 1. The van der Waals surface area contributed by atoms with Crippen molar-refractivity contribution in [1.29, 1.82) is 0 Å². The molecule has 0 aliphatic heterocycles. The van der Waals surface area contributed by atoms with Crippen LogP contribution in [-0.4, -0.2) is 46.9 Å².